The van der Waals surface area contributed by atoms with E-state index in [0.717, 1.165) is 42.7 Å². The van der Waals surface area contributed by atoms with Gasteiger partial charge in [0.1, 0.15) is 0 Å². The summed E-state index contributed by atoms with van der Waals surface area (Å²) in [7, 11) is 0. The number of hydrogen-bond donors (Lipinski definition) is 0. The number of benzene rings is 9. The number of rotatable bonds is 7. The molecule has 0 spiro atoms. The summed E-state index contributed by atoms with van der Waals surface area (Å²) in [4.78, 5) is 7.99. The zero-order valence-electron chi connectivity index (χ0n) is 53.1. The van der Waals surface area contributed by atoms with Crippen LogP contribution in [0.1, 0.15) is 155 Å². The summed E-state index contributed by atoms with van der Waals surface area (Å²) in [5.41, 5.74) is 31.1. The van der Waals surface area contributed by atoms with Crippen LogP contribution in [0.4, 0.5) is 51.2 Å². The summed E-state index contributed by atoms with van der Waals surface area (Å²) >= 11 is 0. The van der Waals surface area contributed by atoms with Crippen molar-refractivity contribution in [2.45, 2.75) is 158 Å². The molecule has 0 N–H and O–H groups in total. The molecule has 4 heteroatoms. The molecule has 0 aromatic heterocycles. The largest absolute Gasteiger partial charge is 0.311 e. The average molecular weight is 1100 g/mol. The second-order valence-electron chi connectivity index (χ2n) is 31.0. The minimum absolute atomic E-state index is 0.00666. The van der Waals surface area contributed by atoms with Gasteiger partial charge in [-0.05, 0) is 203 Å². The Hall–Kier alpha value is -7.56. The highest BCUT2D eigenvalue weighted by Crippen LogP contribution is 2.54. The molecule has 3 nitrogen and oxygen atoms in total. The molecule has 9 aromatic carbocycles. The van der Waals surface area contributed by atoms with Gasteiger partial charge in [0.25, 0.3) is 6.71 Å². The SMILES string of the molecule is CC1(C)Cc2cc3c(cc2C1)N(c1ccc(C(C)(C)C)cc1-c1ccccc1)c1cc(N(c2ccc(C(C)(C)C)cc2)c2ccc(C(C)(C)C)cc2)cc2c1B3c1cc3c(cc1N2c1ccc(C(C)(C)C)cc1-c1ccccc1)CC(C)(C)C3. The van der Waals surface area contributed by atoms with Gasteiger partial charge in [-0.25, -0.2) is 0 Å². The van der Waals surface area contributed by atoms with E-state index in [-0.39, 0.29) is 39.2 Å². The molecule has 2 aliphatic carbocycles. The molecule has 2 aliphatic heterocycles. The van der Waals surface area contributed by atoms with Crippen molar-refractivity contribution in [2.24, 2.45) is 10.8 Å². The Morgan fingerprint density at radius 2 is 0.667 bits per heavy atom. The quantitative estimate of drug-likeness (QED) is 0.147. The van der Waals surface area contributed by atoms with E-state index < -0.39 is 0 Å². The van der Waals surface area contributed by atoms with Crippen molar-refractivity contribution in [1.82, 2.24) is 0 Å². The van der Waals surface area contributed by atoms with Crippen LogP contribution in [0.25, 0.3) is 22.3 Å². The number of nitrogens with zero attached hydrogens (tertiary/aromatic N) is 3. The molecule has 0 saturated carbocycles. The molecule has 4 aliphatic rings. The van der Waals surface area contributed by atoms with Gasteiger partial charge >= 0.3 is 0 Å². The average Bonchev–Trinajstić information content (AvgIpc) is 0.951. The lowest BCUT2D eigenvalue weighted by molar-refractivity contribution is 0.392. The van der Waals surface area contributed by atoms with Crippen LogP contribution in [0.15, 0.2) is 182 Å². The lowest BCUT2D eigenvalue weighted by Gasteiger charge is -2.46. The predicted molar refractivity (Wildman–Crippen MR) is 363 cm³/mol. The monoisotopic (exact) mass is 1100 g/mol. The highest BCUT2D eigenvalue weighted by atomic mass is 15.2. The van der Waals surface area contributed by atoms with Gasteiger partial charge < -0.3 is 14.7 Å². The predicted octanol–water partition coefficient (Wildman–Crippen LogP) is 20.0. The summed E-state index contributed by atoms with van der Waals surface area (Å²) in [5, 5.41) is 0. The van der Waals surface area contributed by atoms with Gasteiger partial charge in [-0.2, -0.15) is 0 Å². The lowest BCUT2D eigenvalue weighted by Crippen LogP contribution is -2.61. The third-order valence-electron chi connectivity index (χ3n) is 19.0. The van der Waals surface area contributed by atoms with Crippen LogP contribution in [0.2, 0.25) is 0 Å². The molecule has 0 saturated heterocycles. The first-order valence-corrected chi connectivity index (χ1v) is 31.1. The van der Waals surface area contributed by atoms with Crippen molar-refractivity contribution in [3.63, 3.8) is 0 Å². The van der Waals surface area contributed by atoms with Gasteiger partial charge in [-0.15, -0.1) is 0 Å². The van der Waals surface area contributed by atoms with Crippen molar-refractivity contribution in [1.29, 1.82) is 0 Å². The van der Waals surface area contributed by atoms with Crippen molar-refractivity contribution >= 4 is 74.3 Å². The maximum Gasteiger partial charge on any atom is 0.252 e. The smallest absolute Gasteiger partial charge is 0.252 e. The van der Waals surface area contributed by atoms with E-state index in [4.69, 9.17) is 0 Å². The van der Waals surface area contributed by atoms with E-state index in [0.29, 0.717) is 0 Å². The molecular formula is C80H86BN3. The molecule has 0 bridgehead atoms. The molecule has 2 heterocycles. The summed E-state index contributed by atoms with van der Waals surface area (Å²) in [5.74, 6) is 0. The first kappa shape index (κ1) is 55.6. The van der Waals surface area contributed by atoms with E-state index in [2.05, 4.69) is 307 Å². The molecule has 84 heavy (non-hydrogen) atoms. The molecule has 0 atom stereocenters. The summed E-state index contributed by atoms with van der Waals surface area (Å²) in [6, 6.07) is 71.7. The van der Waals surface area contributed by atoms with E-state index in [1.165, 1.54) is 117 Å². The normalized spacial score (nSPS) is 15.8. The van der Waals surface area contributed by atoms with Crippen LogP contribution >= 0.6 is 0 Å². The van der Waals surface area contributed by atoms with Crippen LogP contribution in [-0.4, -0.2) is 6.71 Å². The van der Waals surface area contributed by atoms with Gasteiger partial charge in [-0.3, -0.25) is 0 Å². The van der Waals surface area contributed by atoms with E-state index in [1.807, 2.05) is 0 Å². The fourth-order valence-electron chi connectivity index (χ4n) is 14.5. The van der Waals surface area contributed by atoms with Crippen molar-refractivity contribution in [3.05, 3.63) is 226 Å². The van der Waals surface area contributed by atoms with Crippen LogP contribution < -0.4 is 31.1 Å². The van der Waals surface area contributed by atoms with E-state index in [9.17, 15) is 0 Å². The van der Waals surface area contributed by atoms with Crippen molar-refractivity contribution in [3.8, 4) is 22.3 Å². The molecule has 13 rings (SSSR count). The van der Waals surface area contributed by atoms with Gasteiger partial charge in [0.05, 0.1) is 17.1 Å². The van der Waals surface area contributed by atoms with Crippen LogP contribution in [0.5, 0.6) is 0 Å². The lowest BCUT2D eigenvalue weighted by atomic mass is 9.33. The Kier molecular flexibility index (Phi) is 12.9. The zero-order chi connectivity index (χ0) is 59.2. The van der Waals surface area contributed by atoms with Crippen molar-refractivity contribution < 1.29 is 0 Å². The number of fused-ring (bicyclic) bond motifs is 6. The Morgan fingerprint density at radius 1 is 0.333 bits per heavy atom. The summed E-state index contributed by atoms with van der Waals surface area (Å²) in [6.45, 7) is 37.8. The zero-order valence-corrected chi connectivity index (χ0v) is 53.1. The fraction of sp³-hybridized carbons (Fsp3) is 0.325. The Bertz CT molecular complexity index is 3780. The first-order valence-electron chi connectivity index (χ1n) is 31.1. The highest BCUT2D eigenvalue weighted by molar-refractivity contribution is 7.00. The number of anilines is 9. The van der Waals surface area contributed by atoms with Crippen molar-refractivity contribution in [2.75, 3.05) is 14.7 Å². The van der Waals surface area contributed by atoms with E-state index >= 15 is 0 Å². The molecule has 424 valence electrons. The maximum absolute atomic E-state index is 2.72. The Labute approximate surface area is 503 Å². The first-order chi connectivity index (χ1) is 39.6. The second-order valence-corrected chi connectivity index (χ2v) is 31.0. The van der Waals surface area contributed by atoms with Gasteiger partial charge in [0, 0.05) is 45.3 Å². The van der Waals surface area contributed by atoms with Gasteiger partial charge in [-0.1, -0.05) is 220 Å². The Morgan fingerprint density at radius 3 is 1.01 bits per heavy atom. The third kappa shape index (κ3) is 9.80. The summed E-state index contributed by atoms with van der Waals surface area (Å²) in [6.07, 6.45) is 4.21. The molecule has 0 unspecified atom stereocenters. The molecule has 0 amide bonds. The highest BCUT2D eigenvalue weighted by Gasteiger charge is 2.47. The second kappa shape index (κ2) is 19.5. The Balaban J connectivity index is 1.20. The minimum atomic E-state index is -0.0674. The molecule has 0 radical (unpaired) electrons. The fourth-order valence-corrected chi connectivity index (χ4v) is 14.5. The van der Waals surface area contributed by atoms with Gasteiger partial charge in [0.2, 0.25) is 0 Å². The van der Waals surface area contributed by atoms with Crippen LogP contribution in [0, 0.1) is 10.8 Å². The van der Waals surface area contributed by atoms with Crippen LogP contribution in [-0.2, 0) is 47.3 Å². The number of hydrogen-bond acceptors (Lipinski definition) is 3. The molecule has 9 aromatic rings. The molecular weight excluding hydrogens is 1010 g/mol. The standard InChI is InChI=1S/C80H86BN3/c1-75(2,3)57-27-33-61(34-28-57)82(62-35-29-58(30-36-62)76(4,5)6)63-45-72-74-73(46-63)84(69-38-32-60(78(10,11)12)44-65(69)52-25-21-18-22-26-52)71-42-56-50-80(15,16)48-54(56)40-67(71)81(74)66-39-53-47-79(13,14)49-55(53)41-70(66)83(72)68-37-31-59(77(7,8)9)43-64(68)51-23-19-17-20-24-51/h17-46H,47-50H2,1-16H3. The van der Waals surface area contributed by atoms with E-state index in [1.54, 1.807) is 0 Å². The van der Waals surface area contributed by atoms with Gasteiger partial charge in [0.15, 0.2) is 0 Å². The topological polar surface area (TPSA) is 9.72 Å². The maximum atomic E-state index is 2.72. The minimum Gasteiger partial charge on any atom is -0.311 e. The summed E-state index contributed by atoms with van der Waals surface area (Å²) < 4.78 is 0. The third-order valence-corrected chi connectivity index (χ3v) is 19.0. The molecule has 0 fully saturated rings. The van der Waals surface area contributed by atoms with Crippen LogP contribution in [0.3, 0.4) is 0 Å².